The molecule has 0 aromatic heterocycles. The molecule has 1 aliphatic rings. The lowest BCUT2D eigenvalue weighted by atomic mass is 9.87. The van der Waals surface area contributed by atoms with Gasteiger partial charge in [0.05, 0.1) is 5.92 Å². The van der Waals surface area contributed by atoms with Gasteiger partial charge in [0.1, 0.15) is 0 Å². The first-order valence-corrected chi connectivity index (χ1v) is 7.43. The quantitative estimate of drug-likeness (QED) is 0.918. The van der Waals surface area contributed by atoms with E-state index in [1.807, 2.05) is 11.9 Å². The fourth-order valence-corrected chi connectivity index (χ4v) is 2.64. The van der Waals surface area contributed by atoms with Gasteiger partial charge < -0.3 is 10.2 Å². The molecule has 0 radical (unpaired) electrons. The second-order valence-electron chi connectivity index (χ2n) is 6.83. The van der Waals surface area contributed by atoms with Crippen LogP contribution in [0.4, 0.5) is 0 Å². The smallest absolute Gasteiger partial charge is 0.227 e. The van der Waals surface area contributed by atoms with Gasteiger partial charge in [0, 0.05) is 20.1 Å². The molecule has 2 rings (SSSR count). The molecule has 1 fully saturated rings. The molecule has 3 nitrogen and oxygen atoms in total. The van der Waals surface area contributed by atoms with Gasteiger partial charge in [-0.2, -0.15) is 0 Å². The Labute approximate surface area is 122 Å². The summed E-state index contributed by atoms with van der Waals surface area (Å²) in [6.07, 6.45) is 0.964. The maximum atomic E-state index is 12.3. The van der Waals surface area contributed by atoms with E-state index in [0.29, 0.717) is 6.54 Å². The largest absolute Gasteiger partial charge is 0.341 e. The lowest BCUT2D eigenvalue weighted by molar-refractivity contribution is -0.134. The molecule has 1 heterocycles. The number of rotatable bonds is 3. The summed E-state index contributed by atoms with van der Waals surface area (Å²) < 4.78 is 0. The van der Waals surface area contributed by atoms with Crippen molar-refractivity contribution < 1.29 is 4.79 Å². The third-order valence-electron chi connectivity index (χ3n) is 4.03. The summed E-state index contributed by atoms with van der Waals surface area (Å²) in [6.45, 7) is 9.12. The van der Waals surface area contributed by atoms with Crippen molar-refractivity contribution in [1.82, 2.24) is 10.2 Å². The van der Waals surface area contributed by atoms with Crippen LogP contribution >= 0.6 is 0 Å². The first-order valence-electron chi connectivity index (χ1n) is 7.43. The zero-order valence-electron chi connectivity index (χ0n) is 13.1. The van der Waals surface area contributed by atoms with Crippen molar-refractivity contribution in [3.05, 3.63) is 35.4 Å². The van der Waals surface area contributed by atoms with E-state index >= 15 is 0 Å². The van der Waals surface area contributed by atoms with Crippen LogP contribution in [0.3, 0.4) is 0 Å². The highest BCUT2D eigenvalue weighted by molar-refractivity contribution is 5.79. The molecular formula is C17H26N2O. The van der Waals surface area contributed by atoms with Crippen LogP contribution in [0.5, 0.6) is 0 Å². The molecule has 110 valence electrons. The minimum absolute atomic E-state index is 0.161. The second-order valence-corrected chi connectivity index (χ2v) is 6.83. The van der Waals surface area contributed by atoms with Crippen molar-refractivity contribution in [3.63, 3.8) is 0 Å². The predicted octanol–water partition coefficient (Wildman–Crippen LogP) is 2.55. The Morgan fingerprint density at radius 3 is 2.45 bits per heavy atom. The van der Waals surface area contributed by atoms with Crippen LogP contribution in [0.2, 0.25) is 0 Å². The standard InChI is InChI=1S/C17H26N2O/c1-17(2,3)15-7-5-13(6-8-15)12-19(4)16(20)14-9-10-18-11-14/h5-8,14,18H,9-12H2,1-4H3. The Kier molecular flexibility index (Phi) is 4.48. The summed E-state index contributed by atoms with van der Waals surface area (Å²) in [5, 5.41) is 3.25. The lowest BCUT2D eigenvalue weighted by Crippen LogP contribution is -2.33. The summed E-state index contributed by atoms with van der Waals surface area (Å²) >= 11 is 0. The molecule has 0 bridgehead atoms. The summed E-state index contributed by atoms with van der Waals surface area (Å²) in [6, 6.07) is 8.62. The molecule has 0 saturated carbocycles. The average molecular weight is 274 g/mol. The highest BCUT2D eigenvalue weighted by Crippen LogP contribution is 2.22. The van der Waals surface area contributed by atoms with Gasteiger partial charge in [0.25, 0.3) is 0 Å². The van der Waals surface area contributed by atoms with Gasteiger partial charge in [-0.25, -0.2) is 0 Å². The van der Waals surface area contributed by atoms with E-state index in [1.54, 1.807) is 0 Å². The Morgan fingerprint density at radius 2 is 1.95 bits per heavy atom. The van der Waals surface area contributed by atoms with Gasteiger partial charge in [-0.15, -0.1) is 0 Å². The minimum Gasteiger partial charge on any atom is -0.341 e. The van der Waals surface area contributed by atoms with Gasteiger partial charge >= 0.3 is 0 Å². The van der Waals surface area contributed by atoms with Crippen LogP contribution in [-0.2, 0) is 16.8 Å². The van der Waals surface area contributed by atoms with E-state index in [1.165, 1.54) is 11.1 Å². The third kappa shape index (κ3) is 3.60. The topological polar surface area (TPSA) is 32.3 Å². The molecule has 1 atom stereocenters. The maximum absolute atomic E-state index is 12.3. The number of hydrogen-bond donors (Lipinski definition) is 1. The Morgan fingerprint density at radius 1 is 1.30 bits per heavy atom. The van der Waals surface area contributed by atoms with Gasteiger partial charge in [-0.05, 0) is 29.5 Å². The molecular weight excluding hydrogens is 248 g/mol. The van der Waals surface area contributed by atoms with Crippen LogP contribution < -0.4 is 5.32 Å². The number of carbonyl (C=O) groups is 1. The molecule has 1 aliphatic heterocycles. The number of hydrogen-bond acceptors (Lipinski definition) is 2. The number of benzene rings is 1. The Balaban J connectivity index is 1.97. The van der Waals surface area contributed by atoms with E-state index in [2.05, 4.69) is 50.4 Å². The highest BCUT2D eigenvalue weighted by Gasteiger charge is 2.25. The first-order chi connectivity index (χ1) is 9.38. The average Bonchev–Trinajstić information content (AvgIpc) is 2.91. The SMILES string of the molecule is CN(Cc1ccc(C(C)(C)C)cc1)C(=O)C1CCNC1. The molecule has 3 heteroatoms. The van der Waals surface area contributed by atoms with Crippen molar-refractivity contribution in [2.75, 3.05) is 20.1 Å². The molecule has 1 unspecified atom stereocenters. The van der Waals surface area contributed by atoms with Crippen molar-refractivity contribution in [1.29, 1.82) is 0 Å². The number of nitrogens with zero attached hydrogens (tertiary/aromatic N) is 1. The van der Waals surface area contributed by atoms with Gasteiger partial charge in [0.2, 0.25) is 5.91 Å². The van der Waals surface area contributed by atoms with Crippen molar-refractivity contribution in [2.24, 2.45) is 5.92 Å². The monoisotopic (exact) mass is 274 g/mol. The van der Waals surface area contributed by atoms with E-state index in [4.69, 9.17) is 0 Å². The zero-order valence-corrected chi connectivity index (χ0v) is 13.1. The van der Waals surface area contributed by atoms with Crippen molar-refractivity contribution in [3.8, 4) is 0 Å². The van der Waals surface area contributed by atoms with Crippen molar-refractivity contribution >= 4 is 5.91 Å². The van der Waals surface area contributed by atoms with E-state index in [9.17, 15) is 4.79 Å². The van der Waals surface area contributed by atoms with E-state index in [0.717, 1.165) is 19.5 Å². The molecule has 1 aromatic rings. The Hall–Kier alpha value is -1.35. The second kappa shape index (κ2) is 5.96. The van der Waals surface area contributed by atoms with Crippen LogP contribution in [0.1, 0.15) is 38.3 Å². The molecule has 0 spiro atoms. The Bertz CT molecular complexity index is 453. The molecule has 1 amide bonds. The van der Waals surface area contributed by atoms with Gasteiger partial charge in [-0.3, -0.25) is 4.79 Å². The summed E-state index contributed by atoms with van der Waals surface area (Å²) in [5.74, 6) is 0.420. The molecule has 1 aromatic carbocycles. The normalized spacial score (nSPS) is 19.1. The predicted molar refractivity (Wildman–Crippen MR) is 82.6 cm³/mol. The lowest BCUT2D eigenvalue weighted by Gasteiger charge is -2.22. The first kappa shape index (κ1) is 15.0. The fourth-order valence-electron chi connectivity index (χ4n) is 2.64. The van der Waals surface area contributed by atoms with Crippen molar-refractivity contribution in [2.45, 2.75) is 39.2 Å². The van der Waals surface area contributed by atoms with Gasteiger partial charge in [0.15, 0.2) is 0 Å². The minimum atomic E-state index is 0.161. The van der Waals surface area contributed by atoms with Crippen LogP contribution in [-0.4, -0.2) is 30.9 Å². The summed E-state index contributed by atoms with van der Waals surface area (Å²) in [4.78, 5) is 14.1. The fraction of sp³-hybridized carbons (Fsp3) is 0.588. The molecule has 0 aliphatic carbocycles. The molecule has 20 heavy (non-hydrogen) atoms. The van der Waals surface area contributed by atoms with Gasteiger partial charge in [-0.1, -0.05) is 45.0 Å². The van der Waals surface area contributed by atoms with E-state index < -0.39 is 0 Å². The highest BCUT2D eigenvalue weighted by atomic mass is 16.2. The summed E-state index contributed by atoms with van der Waals surface area (Å²) in [7, 11) is 1.90. The number of amides is 1. The summed E-state index contributed by atoms with van der Waals surface area (Å²) in [5.41, 5.74) is 2.70. The number of nitrogens with one attached hydrogen (secondary N) is 1. The van der Waals surface area contributed by atoms with Crippen LogP contribution in [0.25, 0.3) is 0 Å². The maximum Gasteiger partial charge on any atom is 0.227 e. The number of carbonyl (C=O) groups excluding carboxylic acids is 1. The molecule has 1 saturated heterocycles. The zero-order chi connectivity index (χ0) is 14.8. The van der Waals surface area contributed by atoms with Crippen LogP contribution in [0, 0.1) is 5.92 Å². The third-order valence-corrected chi connectivity index (χ3v) is 4.03. The van der Waals surface area contributed by atoms with E-state index in [-0.39, 0.29) is 17.2 Å². The molecule has 1 N–H and O–H groups in total. The van der Waals surface area contributed by atoms with Crippen LogP contribution in [0.15, 0.2) is 24.3 Å².